The number of nitrogens with zero attached hydrogens (tertiary/aromatic N) is 1. The van der Waals surface area contributed by atoms with Crippen LogP contribution in [-0.4, -0.2) is 27.9 Å². The van der Waals surface area contributed by atoms with Gasteiger partial charge in [0.05, 0.1) is 18.3 Å². The molecule has 124 valence electrons. The molecule has 1 aromatic rings. The number of carbonyl (C=O) groups excluding carboxylic acids is 2. The van der Waals surface area contributed by atoms with E-state index in [1.807, 2.05) is 0 Å². The summed E-state index contributed by atoms with van der Waals surface area (Å²) < 4.78 is 0. The van der Waals surface area contributed by atoms with Crippen LogP contribution >= 0.6 is 0 Å². The quantitative estimate of drug-likeness (QED) is 0.821. The van der Waals surface area contributed by atoms with Gasteiger partial charge in [0.1, 0.15) is 0 Å². The number of imidazole rings is 1. The first-order valence-electron chi connectivity index (χ1n) is 8.53. The molecule has 1 atom stereocenters. The van der Waals surface area contributed by atoms with Crippen molar-refractivity contribution in [2.75, 3.05) is 0 Å². The summed E-state index contributed by atoms with van der Waals surface area (Å²) >= 11 is 0. The average Bonchev–Trinajstić information content (AvgIpc) is 2.98. The first-order valence-corrected chi connectivity index (χ1v) is 8.53. The van der Waals surface area contributed by atoms with Crippen molar-refractivity contribution < 1.29 is 14.7 Å². The molecule has 23 heavy (non-hydrogen) atoms. The number of rotatable bonds is 5. The molecule has 4 saturated carbocycles. The Morgan fingerprint density at radius 1 is 1.26 bits per heavy atom. The van der Waals surface area contributed by atoms with E-state index in [4.69, 9.17) is 0 Å². The van der Waals surface area contributed by atoms with Crippen LogP contribution in [0, 0.1) is 23.2 Å². The van der Waals surface area contributed by atoms with Crippen LogP contribution in [0.25, 0.3) is 0 Å². The molecule has 2 N–H and O–H groups in total. The van der Waals surface area contributed by atoms with Crippen LogP contribution in [0.1, 0.15) is 44.2 Å². The van der Waals surface area contributed by atoms with Crippen molar-refractivity contribution in [3.8, 4) is 0 Å². The lowest BCUT2D eigenvalue weighted by Crippen LogP contribution is -2.58. The first kappa shape index (κ1) is 14.7. The standard InChI is InChI=1S/C17H23N3O3/c21-15(22)14(4-13-8-18-9-19-13)20-16(23)17-5-10-1-11(6-17)3-12(2-10)7-17/h8-12,14H,1-7H2,(H,18,19)(H,20,23)(H,21,22)/p-1/t10?,11?,12?,14-,17?/m1/s1. The lowest BCUT2D eigenvalue weighted by Gasteiger charge is -2.55. The van der Waals surface area contributed by atoms with Crippen molar-refractivity contribution in [3.63, 3.8) is 0 Å². The summed E-state index contributed by atoms with van der Waals surface area (Å²) in [5, 5.41) is 14.2. The minimum absolute atomic E-state index is 0.0784. The SMILES string of the molecule is O=C([O-])[C@@H](Cc1cnc[nH]1)NC(=O)C12CC3CC(CC(C3)C1)C2. The Morgan fingerprint density at radius 2 is 1.87 bits per heavy atom. The number of H-pyrrole nitrogens is 1. The van der Waals surface area contributed by atoms with Crippen LogP contribution in [0.2, 0.25) is 0 Å². The fraction of sp³-hybridized carbons (Fsp3) is 0.706. The van der Waals surface area contributed by atoms with Crippen molar-refractivity contribution in [2.45, 2.75) is 51.0 Å². The molecule has 5 rings (SSSR count). The molecule has 6 heteroatoms. The van der Waals surface area contributed by atoms with Gasteiger partial charge >= 0.3 is 0 Å². The molecule has 4 bridgehead atoms. The van der Waals surface area contributed by atoms with E-state index in [1.54, 1.807) is 6.20 Å². The third-order valence-electron chi connectivity index (χ3n) is 6.09. The van der Waals surface area contributed by atoms with Gasteiger partial charge in [-0.1, -0.05) is 0 Å². The van der Waals surface area contributed by atoms with E-state index in [0.717, 1.165) is 19.3 Å². The fourth-order valence-electron chi connectivity index (χ4n) is 5.51. The molecule has 6 nitrogen and oxygen atoms in total. The predicted octanol–water partition coefficient (Wildman–Crippen LogP) is 0.403. The van der Waals surface area contributed by atoms with Crippen LogP contribution in [0.15, 0.2) is 12.5 Å². The highest BCUT2D eigenvalue weighted by molar-refractivity contribution is 5.87. The number of aromatic amines is 1. The van der Waals surface area contributed by atoms with Crippen LogP contribution in [-0.2, 0) is 16.0 Å². The van der Waals surface area contributed by atoms with Crippen molar-refractivity contribution in [1.82, 2.24) is 15.3 Å². The maximum Gasteiger partial charge on any atom is 0.226 e. The molecule has 0 aromatic carbocycles. The molecule has 1 heterocycles. The highest BCUT2D eigenvalue weighted by atomic mass is 16.4. The molecular formula is C17H22N3O3-. The van der Waals surface area contributed by atoms with E-state index in [9.17, 15) is 14.7 Å². The van der Waals surface area contributed by atoms with Gasteiger partial charge in [-0.15, -0.1) is 0 Å². The van der Waals surface area contributed by atoms with Gasteiger partial charge in [0.25, 0.3) is 0 Å². The number of carboxylic acid groups (broad SMARTS) is 1. The topological polar surface area (TPSA) is 97.9 Å². The Bertz CT molecular complexity index is 575. The van der Waals surface area contributed by atoms with Crippen molar-refractivity contribution in [1.29, 1.82) is 0 Å². The average molecular weight is 316 g/mol. The zero-order chi connectivity index (χ0) is 16.0. The number of carbonyl (C=O) groups is 2. The van der Waals surface area contributed by atoms with Gasteiger partial charge in [-0.05, 0) is 56.3 Å². The Balaban J connectivity index is 1.48. The second-order valence-electron chi connectivity index (χ2n) is 7.82. The van der Waals surface area contributed by atoms with Gasteiger partial charge in [0.2, 0.25) is 5.91 Å². The number of carboxylic acids is 1. The Hall–Kier alpha value is -1.85. The minimum Gasteiger partial charge on any atom is -0.548 e. The monoisotopic (exact) mass is 316 g/mol. The van der Waals surface area contributed by atoms with E-state index < -0.39 is 12.0 Å². The van der Waals surface area contributed by atoms with Gasteiger partial charge < -0.3 is 20.2 Å². The van der Waals surface area contributed by atoms with Crippen molar-refractivity contribution in [2.24, 2.45) is 23.2 Å². The largest absolute Gasteiger partial charge is 0.548 e. The molecule has 4 aliphatic rings. The second-order valence-corrected chi connectivity index (χ2v) is 7.82. The van der Waals surface area contributed by atoms with E-state index in [1.165, 1.54) is 25.6 Å². The molecule has 0 spiro atoms. The molecule has 0 saturated heterocycles. The minimum atomic E-state index is -1.24. The van der Waals surface area contributed by atoms with Crippen LogP contribution in [0.3, 0.4) is 0 Å². The van der Waals surface area contributed by atoms with Gasteiger partial charge in [-0.25, -0.2) is 4.98 Å². The molecule has 4 fully saturated rings. The number of hydrogen-bond donors (Lipinski definition) is 2. The number of amides is 1. The Morgan fingerprint density at radius 3 is 2.35 bits per heavy atom. The van der Waals surface area contributed by atoms with Crippen molar-refractivity contribution in [3.05, 3.63) is 18.2 Å². The normalized spacial score (nSPS) is 35.9. The highest BCUT2D eigenvalue weighted by Gasteiger charge is 2.54. The highest BCUT2D eigenvalue weighted by Crippen LogP contribution is 2.60. The predicted molar refractivity (Wildman–Crippen MR) is 79.8 cm³/mol. The molecule has 0 unspecified atom stereocenters. The van der Waals surface area contributed by atoms with Gasteiger partial charge in [0, 0.05) is 23.7 Å². The van der Waals surface area contributed by atoms with Crippen molar-refractivity contribution >= 4 is 11.9 Å². The smallest absolute Gasteiger partial charge is 0.226 e. The summed E-state index contributed by atoms with van der Waals surface area (Å²) in [6.07, 6.45) is 9.80. The Labute approximate surface area is 135 Å². The first-order chi connectivity index (χ1) is 11.0. The third-order valence-corrected chi connectivity index (χ3v) is 6.09. The van der Waals surface area contributed by atoms with Crippen LogP contribution in [0.4, 0.5) is 0 Å². The summed E-state index contributed by atoms with van der Waals surface area (Å²) in [5.41, 5.74) is 0.348. The molecule has 4 aliphatic carbocycles. The summed E-state index contributed by atoms with van der Waals surface area (Å²) in [4.78, 5) is 31.1. The maximum atomic E-state index is 12.9. The number of aromatic nitrogens is 2. The number of hydrogen-bond acceptors (Lipinski definition) is 4. The Kier molecular flexibility index (Phi) is 3.43. The lowest BCUT2D eigenvalue weighted by molar-refractivity contribution is -0.308. The fourth-order valence-corrected chi connectivity index (χ4v) is 5.51. The van der Waals surface area contributed by atoms with Gasteiger partial charge in [0.15, 0.2) is 0 Å². The third kappa shape index (κ3) is 2.64. The summed E-state index contributed by atoms with van der Waals surface area (Å²) in [7, 11) is 0. The summed E-state index contributed by atoms with van der Waals surface area (Å²) in [6, 6.07) is -1.00. The zero-order valence-electron chi connectivity index (χ0n) is 13.1. The van der Waals surface area contributed by atoms with E-state index >= 15 is 0 Å². The van der Waals surface area contributed by atoms with Crippen LogP contribution in [0.5, 0.6) is 0 Å². The molecule has 1 amide bonds. The molecular weight excluding hydrogens is 294 g/mol. The van der Waals surface area contributed by atoms with Gasteiger partial charge in [-0.3, -0.25) is 4.79 Å². The van der Waals surface area contributed by atoms with E-state index in [0.29, 0.717) is 23.4 Å². The van der Waals surface area contributed by atoms with Gasteiger partial charge in [-0.2, -0.15) is 0 Å². The second kappa shape index (κ2) is 5.35. The van der Waals surface area contributed by atoms with E-state index in [2.05, 4.69) is 15.3 Å². The zero-order valence-corrected chi connectivity index (χ0v) is 13.1. The number of aliphatic carboxylic acids is 1. The summed E-state index contributed by atoms with van der Waals surface area (Å²) in [6.45, 7) is 0. The maximum absolute atomic E-state index is 12.9. The lowest BCUT2D eigenvalue weighted by atomic mass is 9.49. The van der Waals surface area contributed by atoms with Crippen LogP contribution < -0.4 is 10.4 Å². The van der Waals surface area contributed by atoms with E-state index in [-0.39, 0.29) is 17.7 Å². The number of nitrogens with one attached hydrogen (secondary N) is 2. The molecule has 0 aliphatic heterocycles. The molecule has 0 radical (unpaired) electrons. The summed E-state index contributed by atoms with van der Waals surface area (Å²) in [5.74, 6) is 0.644. The molecule has 1 aromatic heterocycles.